The summed E-state index contributed by atoms with van der Waals surface area (Å²) in [6.07, 6.45) is 2.70. The third-order valence-electron chi connectivity index (χ3n) is 0.504. The van der Waals surface area contributed by atoms with Crippen LogP contribution in [0.3, 0.4) is 0 Å². The van der Waals surface area contributed by atoms with Gasteiger partial charge in [-0.05, 0) is 13.8 Å². The van der Waals surface area contributed by atoms with Gasteiger partial charge in [-0.2, -0.15) is 0 Å². The first-order chi connectivity index (χ1) is 4.22. The Morgan fingerprint density at radius 3 is 2.11 bits per heavy atom. The van der Waals surface area contributed by atoms with Gasteiger partial charge in [-0.25, -0.2) is 0 Å². The Labute approximate surface area is 59.4 Å². The molecule has 0 saturated heterocycles. The van der Waals surface area contributed by atoms with Crippen LogP contribution < -0.4 is 0 Å². The number of hydrogen-bond donors (Lipinski definition) is 1. The minimum absolute atomic E-state index is 0.585. The van der Waals surface area contributed by atoms with Crippen LogP contribution in [-0.4, -0.2) is 15.6 Å². The first kappa shape index (κ1) is 11.1. The maximum atomic E-state index is 8.07. The molecule has 0 atom stereocenters. The van der Waals surface area contributed by atoms with Crippen LogP contribution in [-0.2, 0) is 4.43 Å². The van der Waals surface area contributed by atoms with Crippen LogP contribution in [0.1, 0.15) is 13.8 Å². The SMILES string of the molecule is C=CC.CC(=CO)O[SiH3]. The van der Waals surface area contributed by atoms with Crippen LogP contribution in [0.25, 0.3) is 0 Å². The van der Waals surface area contributed by atoms with Gasteiger partial charge in [-0.3, -0.25) is 0 Å². The number of aliphatic hydroxyl groups excluding tert-OH is 1. The van der Waals surface area contributed by atoms with Crippen molar-refractivity contribution in [2.45, 2.75) is 13.8 Å². The zero-order valence-electron chi connectivity index (χ0n) is 6.22. The highest BCUT2D eigenvalue weighted by Gasteiger charge is 1.73. The van der Waals surface area contributed by atoms with E-state index in [4.69, 9.17) is 5.11 Å². The lowest BCUT2D eigenvalue weighted by atomic mass is 10.7. The van der Waals surface area contributed by atoms with E-state index in [2.05, 4.69) is 11.0 Å². The third kappa shape index (κ3) is 18.8. The van der Waals surface area contributed by atoms with Crippen LogP contribution in [0.4, 0.5) is 0 Å². The second kappa shape index (κ2) is 10.3. The van der Waals surface area contributed by atoms with Crippen LogP contribution in [0.2, 0.25) is 0 Å². The first-order valence-corrected chi connectivity index (χ1v) is 3.46. The van der Waals surface area contributed by atoms with Gasteiger partial charge in [0.15, 0.2) is 0 Å². The van der Waals surface area contributed by atoms with Gasteiger partial charge in [0.1, 0.15) is 12.0 Å². The zero-order valence-corrected chi connectivity index (χ0v) is 8.22. The van der Waals surface area contributed by atoms with E-state index in [-0.39, 0.29) is 0 Å². The molecule has 54 valence electrons. The van der Waals surface area contributed by atoms with E-state index in [1.54, 1.807) is 13.0 Å². The minimum Gasteiger partial charge on any atom is -0.554 e. The van der Waals surface area contributed by atoms with Gasteiger partial charge in [0, 0.05) is 0 Å². The van der Waals surface area contributed by atoms with Crippen molar-refractivity contribution in [3.8, 4) is 0 Å². The molecule has 0 aromatic carbocycles. The molecule has 0 radical (unpaired) electrons. The Balaban J connectivity index is 0. The van der Waals surface area contributed by atoms with Crippen molar-refractivity contribution in [2.24, 2.45) is 0 Å². The van der Waals surface area contributed by atoms with E-state index in [0.717, 1.165) is 6.26 Å². The molecule has 1 N–H and O–H groups in total. The predicted octanol–water partition coefficient (Wildman–Crippen LogP) is 0.895. The van der Waals surface area contributed by atoms with Crippen LogP contribution in [0.15, 0.2) is 24.7 Å². The second-order valence-electron chi connectivity index (χ2n) is 1.35. The highest BCUT2D eigenvalue weighted by molar-refractivity contribution is 5.98. The quantitative estimate of drug-likeness (QED) is 0.338. The molecule has 0 unspecified atom stereocenters. The summed E-state index contributed by atoms with van der Waals surface area (Å²) >= 11 is 0. The minimum atomic E-state index is 0.585. The Hall–Kier alpha value is -0.703. The van der Waals surface area contributed by atoms with E-state index < -0.39 is 0 Å². The number of aliphatic hydroxyl groups is 1. The summed E-state index contributed by atoms with van der Waals surface area (Å²) in [6.45, 7) is 6.95. The highest BCUT2D eigenvalue weighted by atomic mass is 28.2. The normalized spacial score (nSPS) is 9.33. The summed E-state index contributed by atoms with van der Waals surface area (Å²) < 4.78 is 4.65. The van der Waals surface area contributed by atoms with Gasteiger partial charge < -0.3 is 9.53 Å². The Kier molecular flexibility index (Phi) is 12.8. The first-order valence-electron chi connectivity index (χ1n) is 2.64. The number of allylic oxidation sites excluding steroid dienone is 2. The van der Waals surface area contributed by atoms with Gasteiger partial charge in [0.25, 0.3) is 0 Å². The molecular weight excluding hydrogens is 132 g/mol. The van der Waals surface area contributed by atoms with Gasteiger partial charge in [-0.15, -0.1) is 6.58 Å². The molecule has 0 rings (SSSR count). The fourth-order valence-corrected chi connectivity index (χ4v) is 0.158. The predicted molar refractivity (Wildman–Crippen MR) is 43.3 cm³/mol. The third-order valence-corrected chi connectivity index (χ3v) is 1.15. The molecule has 3 heteroatoms. The van der Waals surface area contributed by atoms with Crippen molar-refractivity contribution in [1.82, 2.24) is 0 Å². The molecule has 0 spiro atoms. The van der Waals surface area contributed by atoms with Crippen molar-refractivity contribution < 1.29 is 9.53 Å². The largest absolute Gasteiger partial charge is 0.554 e. The van der Waals surface area contributed by atoms with Crippen LogP contribution in [0.5, 0.6) is 0 Å². The average Bonchev–Trinajstić information content (AvgIpc) is 1.88. The van der Waals surface area contributed by atoms with Crippen molar-refractivity contribution in [1.29, 1.82) is 0 Å². The summed E-state index contributed by atoms with van der Waals surface area (Å²) in [4.78, 5) is 0. The smallest absolute Gasteiger partial charge is 0.203 e. The lowest BCUT2D eigenvalue weighted by Gasteiger charge is -1.92. The zero-order chi connectivity index (χ0) is 7.70. The van der Waals surface area contributed by atoms with Crippen LogP contribution >= 0.6 is 0 Å². The lowest BCUT2D eigenvalue weighted by Crippen LogP contribution is -1.77. The van der Waals surface area contributed by atoms with Crippen molar-refractivity contribution in [3.63, 3.8) is 0 Å². The number of hydrogen-bond acceptors (Lipinski definition) is 2. The monoisotopic (exact) mass is 146 g/mol. The molecule has 0 bridgehead atoms. The van der Waals surface area contributed by atoms with E-state index in [9.17, 15) is 0 Å². The highest BCUT2D eigenvalue weighted by Crippen LogP contribution is 1.84. The molecule has 0 saturated carbocycles. The van der Waals surface area contributed by atoms with E-state index in [1.165, 1.54) is 0 Å². The molecule has 0 aliphatic carbocycles. The summed E-state index contributed by atoms with van der Waals surface area (Å²) in [5.41, 5.74) is 0. The Morgan fingerprint density at radius 2 is 2.11 bits per heavy atom. The summed E-state index contributed by atoms with van der Waals surface area (Å²) in [5.74, 6) is 0.585. The molecule has 0 heterocycles. The van der Waals surface area contributed by atoms with Gasteiger partial charge in [0.2, 0.25) is 10.5 Å². The van der Waals surface area contributed by atoms with Gasteiger partial charge in [-0.1, -0.05) is 6.08 Å². The van der Waals surface area contributed by atoms with Gasteiger partial charge in [0.05, 0.1) is 0 Å². The van der Waals surface area contributed by atoms with E-state index in [1.807, 2.05) is 6.92 Å². The Bertz CT molecular complexity index is 89.1. The molecule has 0 amide bonds. The second-order valence-corrected chi connectivity index (χ2v) is 1.76. The molecular formula is C6H14O2Si. The van der Waals surface area contributed by atoms with E-state index >= 15 is 0 Å². The standard InChI is InChI=1S/C3H8O2Si.C3H6/c1-3(2-4)5-6;1-3-2/h2,4H,1,6H3;3H,1H2,2H3. The summed E-state index contributed by atoms with van der Waals surface area (Å²) in [7, 11) is 0.654. The summed E-state index contributed by atoms with van der Waals surface area (Å²) in [6, 6.07) is 0. The van der Waals surface area contributed by atoms with Crippen molar-refractivity contribution >= 4 is 10.5 Å². The maximum Gasteiger partial charge on any atom is 0.203 e. The fourth-order valence-electron chi connectivity index (χ4n) is 0.0527. The molecule has 0 aromatic rings. The Morgan fingerprint density at radius 1 is 1.78 bits per heavy atom. The maximum absolute atomic E-state index is 8.07. The molecule has 9 heavy (non-hydrogen) atoms. The number of rotatable bonds is 1. The fraction of sp³-hybridized carbons (Fsp3) is 0.333. The summed E-state index contributed by atoms with van der Waals surface area (Å²) in [5, 5.41) is 8.07. The van der Waals surface area contributed by atoms with Crippen molar-refractivity contribution in [2.75, 3.05) is 0 Å². The van der Waals surface area contributed by atoms with Gasteiger partial charge >= 0.3 is 0 Å². The average molecular weight is 146 g/mol. The van der Waals surface area contributed by atoms with E-state index in [0.29, 0.717) is 16.2 Å². The lowest BCUT2D eigenvalue weighted by molar-refractivity contribution is 0.397. The molecule has 0 aliphatic heterocycles. The topological polar surface area (TPSA) is 29.5 Å². The molecule has 2 nitrogen and oxygen atoms in total. The van der Waals surface area contributed by atoms with Crippen molar-refractivity contribution in [3.05, 3.63) is 24.7 Å². The molecule has 0 aliphatic rings. The molecule has 0 fully saturated rings. The molecule has 0 aromatic heterocycles. The van der Waals surface area contributed by atoms with Crippen LogP contribution in [0, 0.1) is 0 Å².